The summed E-state index contributed by atoms with van der Waals surface area (Å²) in [5, 5.41) is 0.857. The summed E-state index contributed by atoms with van der Waals surface area (Å²) in [5.74, 6) is 0. The van der Waals surface area contributed by atoms with Gasteiger partial charge in [0.2, 0.25) is 0 Å². The Morgan fingerprint density at radius 2 is 2.40 bits per heavy atom. The van der Waals surface area contributed by atoms with Crippen LogP contribution in [0.5, 0.6) is 0 Å². The molecule has 1 aromatic heterocycles. The van der Waals surface area contributed by atoms with Crippen LogP contribution in [0.25, 0.3) is 0 Å². The minimum absolute atomic E-state index is 0.153. The van der Waals surface area contributed by atoms with Gasteiger partial charge in [-0.25, -0.2) is 4.98 Å². The van der Waals surface area contributed by atoms with Crippen molar-refractivity contribution in [3.63, 3.8) is 0 Å². The highest BCUT2D eigenvalue weighted by Crippen LogP contribution is 2.04. The van der Waals surface area contributed by atoms with Gasteiger partial charge in [0.1, 0.15) is 5.03 Å². The number of aromatic nitrogens is 2. The molecular formula is C6H10N2OS. The lowest BCUT2D eigenvalue weighted by Gasteiger charge is -1.99. The predicted molar refractivity (Wildman–Crippen MR) is 40.1 cm³/mol. The maximum atomic E-state index is 11.2. The van der Waals surface area contributed by atoms with Gasteiger partial charge in [-0.15, -0.1) is 0 Å². The van der Waals surface area contributed by atoms with Gasteiger partial charge in [-0.05, 0) is 0 Å². The molecule has 1 unspecified atom stereocenters. The third-order valence-corrected chi connectivity index (χ3v) is 2.63. The Hall–Kier alpha value is -0.640. The average Bonchev–Trinajstić information content (AvgIpc) is 2.36. The van der Waals surface area contributed by atoms with Crippen molar-refractivity contribution in [3.05, 3.63) is 12.5 Å². The van der Waals surface area contributed by atoms with E-state index in [2.05, 4.69) is 9.97 Å². The highest BCUT2D eigenvalue weighted by molar-refractivity contribution is 7.85. The van der Waals surface area contributed by atoms with E-state index in [4.69, 9.17) is 0 Å². The molecule has 3 nitrogen and oxygen atoms in total. The number of H-pyrrole nitrogens is 1. The molecule has 0 aliphatic heterocycles. The maximum Gasteiger partial charge on any atom is 0.123 e. The lowest BCUT2D eigenvalue weighted by atomic mass is 10.6. The van der Waals surface area contributed by atoms with Crippen LogP contribution in [0.2, 0.25) is 0 Å². The summed E-state index contributed by atoms with van der Waals surface area (Å²) in [4.78, 5) is 6.58. The summed E-state index contributed by atoms with van der Waals surface area (Å²) in [6, 6.07) is 0. The normalized spacial score (nSPS) is 13.9. The molecule has 1 atom stereocenters. The van der Waals surface area contributed by atoms with Gasteiger partial charge >= 0.3 is 0 Å². The molecule has 0 radical (unpaired) electrons. The predicted octanol–water partition coefficient (Wildman–Crippen LogP) is 0.926. The first kappa shape index (κ1) is 7.47. The standard InChI is InChI=1S/C6H10N2OS/c1-5(2)10(9)6-3-7-4-8-6/h3-5H,1-2H3,(H,7,8). The van der Waals surface area contributed by atoms with Crippen LogP contribution in [0.4, 0.5) is 0 Å². The largest absolute Gasteiger partial charge is 0.338 e. The monoisotopic (exact) mass is 158 g/mol. The molecule has 10 heavy (non-hydrogen) atoms. The summed E-state index contributed by atoms with van der Waals surface area (Å²) < 4.78 is 11.2. The van der Waals surface area contributed by atoms with E-state index >= 15 is 0 Å². The van der Waals surface area contributed by atoms with Crippen LogP contribution in [0.3, 0.4) is 0 Å². The molecule has 0 aromatic carbocycles. The van der Waals surface area contributed by atoms with E-state index < -0.39 is 10.8 Å². The number of nitrogens with zero attached hydrogens (tertiary/aromatic N) is 1. The number of imidazole rings is 1. The summed E-state index contributed by atoms with van der Waals surface area (Å²) >= 11 is 0. The van der Waals surface area contributed by atoms with E-state index in [0.29, 0.717) is 5.03 Å². The topological polar surface area (TPSA) is 45.8 Å². The van der Waals surface area contributed by atoms with Gasteiger partial charge in [0.05, 0.1) is 23.3 Å². The molecule has 0 fully saturated rings. The Labute approximate surface area is 62.3 Å². The quantitative estimate of drug-likeness (QED) is 0.695. The molecular weight excluding hydrogens is 148 g/mol. The number of aromatic amines is 1. The molecule has 0 saturated heterocycles. The molecule has 0 spiro atoms. The first-order chi connectivity index (χ1) is 4.72. The van der Waals surface area contributed by atoms with Crippen LogP contribution in [0.15, 0.2) is 17.6 Å². The van der Waals surface area contributed by atoms with Crippen molar-refractivity contribution in [2.45, 2.75) is 24.1 Å². The number of hydrogen-bond acceptors (Lipinski definition) is 2. The fraction of sp³-hybridized carbons (Fsp3) is 0.500. The smallest absolute Gasteiger partial charge is 0.123 e. The Balaban J connectivity index is 2.78. The Morgan fingerprint density at radius 1 is 1.70 bits per heavy atom. The van der Waals surface area contributed by atoms with Gasteiger partial charge in [0.25, 0.3) is 0 Å². The molecule has 1 aromatic rings. The minimum Gasteiger partial charge on any atom is -0.338 e. The molecule has 0 aliphatic carbocycles. The van der Waals surface area contributed by atoms with Crippen molar-refractivity contribution in [1.29, 1.82) is 0 Å². The van der Waals surface area contributed by atoms with Gasteiger partial charge < -0.3 is 4.98 Å². The second kappa shape index (κ2) is 2.96. The van der Waals surface area contributed by atoms with Crippen molar-refractivity contribution in [3.8, 4) is 0 Å². The maximum absolute atomic E-state index is 11.2. The van der Waals surface area contributed by atoms with Crippen molar-refractivity contribution in [1.82, 2.24) is 9.97 Å². The van der Waals surface area contributed by atoms with Crippen LogP contribution in [0.1, 0.15) is 13.8 Å². The van der Waals surface area contributed by atoms with Gasteiger partial charge in [-0.2, -0.15) is 0 Å². The lowest BCUT2D eigenvalue weighted by Crippen LogP contribution is -2.05. The van der Waals surface area contributed by atoms with Crippen molar-refractivity contribution >= 4 is 10.8 Å². The second-order valence-electron chi connectivity index (χ2n) is 2.26. The van der Waals surface area contributed by atoms with E-state index in [1.54, 1.807) is 6.20 Å². The molecule has 1 heterocycles. The third-order valence-electron chi connectivity index (χ3n) is 1.12. The van der Waals surface area contributed by atoms with Crippen molar-refractivity contribution in [2.24, 2.45) is 0 Å². The molecule has 0 bridgehead atoms. The lowest BCUT2D eigenvalue weighted by molar-refractivity contribution is 0.674. The average molecular weight is 158 g/mol. The molecule has 1 rings (SSSR count). The summed E-state index contributed by atoms with van der Waals surface area (Å²) in [5.41, 5.74) is 0. The first-order valence-corrected chi connectivity index (χ1v) is 4.32. The summed E-state index contributed by atoms with van der Waals surface area (Å²) in [7, 11) is -0.922. The van der Waals surface area contributed by atoms with Gasteiger partial charge in [0, 0.05) is 5.25 Å². The third kappa shape index (κ3) is 1.44. The summed E-state index contributed by atoms with van der Waals surface area (Å²) in [6.45, 7) is 3.83. The van der Waals surface area contributed by atoms with E-state index in [1.165, 1.54) is 6.33 Å². The number of rotatable bonds is 2. The molecule has 0 saturated carbocycles. The molecule has 0 aliphatic rings. The summed E-state index contributed by atoms with van der Waals surface area (Å²) in [6.07, 6.45) is 3.13. The van der Waals surface area contributed by atoms with Crippen molar-refractivity contribution < 1.29 is 4.21 Å². The van der Waals surface area contributed by atoms with Crippen LogP contribution >= 0.6 is 0 Å². The second-order valence-corrected chi connectivity index (χ2v) is 4.24. The van der Waals surface area contributed by atoms with E-state index in [1.807, 2.05) is 13.8 Å². The van der Waals surface area contributed by atoms with Crippen LogP contribution < -0.4 is 0 Å². The Morgan fingerprint density at radius 3 is 2.80 bits per heavy atom. The van der Waals surface area contributed by atoms with Gasteiger partial charge in [0.15, 0.2) is 0 Å². The fourth-order valence-electron chi connectivity index (χ4n) is 0.607. The zero-order valence-corrected chi connectivity index (χ0v) is 6.81. The van der Waals surface area contributed by atoms with Crippen LogP contribution in [0, 0.1) is 0 Å². The van der Waals surface area contributed by atoms with E-state index in [-0.39, 0.29) is 5.25 Å². The number of nitrogens with one attached hydrogen (secondary N) is 1. The van der Waals surface area contributed by atoms with Crippen LogP contribution in [-0.2, 0) is 10.8 Å². The van der Waals surface area contributed by atoms with Gasteiger partial charge in [-0.1, -0.05) is 13.8 Å². The Bertz CT molecular complexity index is 218. The van der Waals surface area contributed by atoms with E-state index in [0.717, 1.165) is 0 Å². The highest BCUT2D eigenvalue weighted by Gasteiger charge is 2.07. The van der Waals surface area contributed by atoms with Gasteiger partial charge in [-0.3, -0.25) is 4.21 Å². The highest BCUT2D eigenvalue weighted by atomic mass is 32.2. The molecule has 1 N–H and O–H groups in total. The Kier molecular flexibility index (Phi) is 2.21. The zero-order valence-electron chi connectivity index (χ0n) is 6.00. The SMILES string of the molecule is CC(C)S(=O)c1cnc[nH]1. The molecule has 4 heteroatoms. The van der Waals surface area contributed by atoms with E-state index in [9.17, 15) is 4.21 Å². The molecule has 56 valence electrons. The fourth-order valence-corrected chi connectivity index (χ4v) is 1.45. The number of hydrogen-bond donors (Lipinski definition) is 1. The molecule has 0 amide bonds. The van der Waals surface area contributed by atoms with Crippen LogP contribution in [-0.4, -0.2) is 19.4 Å². The first-order valence-electron chi connectivity index (χ1n) is 3.10. The minimum atomic E-state index is -0.922. The van der Waals surface area contributed by atoms with Crippen molar-refractivity contribution in [2.75, 3.05) is 0 Å². The zero-order chi connectivity index (χ0) is 7.56.